The van der Waals surface area contributed by atoms with Gasteiger partial charge in [0.1, 0.15) is 5.75 Å². The first-order valence-electron chi connectivity index (χ1n) is 6.46. The van der Waals surface area contributed by atoms with Crippen LogP contribution in [0.15, 0.2) is 42.5 Å². The third-order valence-corrected chi connectivity index (χ3v) is 2.92. The molecular formula is C17H18O2. The summed E-state index contributed by atoms with van der Waals surface area (Å²) in [5.41, 5.74) is 3.52. The summed E-state index contributed by atoms with van der Waals surface area (Å²) in [7, 11) is 0. The van der Waals surface area contributed by atoms with Crippen molar-refractivity contribution >= 4 is 5.78 Å². The Morgan fingerprint density at radius 2 is 1.68 bits per heavy atom. The Balaban J connectivity index is 2.44. The largest absolute Gasteiger partial charge is 0.493 e. The summed E-state index contributed by atoms with van der Waals surface area (Å²) < 4.78 is 5.52. The van der Waals surface area contributed by atoms with E-state index in [4.69, 9.17) is 4.74 Å². The zero-order chi connectivity index (χ0) is 13.8. The Morgan fingerprint density at radius 3 is 2.32 bits per heavy atom. The fourth-order valence-electron chi connectivity index (χ4n) is 2.20. The van der Waals surface area contributed by atoms with Crippen LogP contribution in [0.25, 0.3) is 0 Å². The number of para-hydroxylation sites is 1. The van der Waals surface area contributed by atoms with E-state index in [1.165, 1.54) is 0 Å². The van der Waals surface area contributed by atoms with Crippen molar-refractivity contribution < 1.29 is 9.53 Å². The highest BCUT2D eigenvalue weighted by molar-refractivity contribution is 6.10. The molecule has 0 aliphatic heterocycles. The summed E-state index contributed by atoms with van der Waals surface area (Å²) >= 11 is 0. The van der Waals surface area contributed by atoms with E-state index in [0.717, 1.165) is 11.1 Å². The van der Waals surface area contributed by atoms with Crippen molar-refractivity contribution in [3.05, 3.63) is 64.7 Å². The highest BCUT2D eigenvalue weighted by Gasteiger charge is 2.14. The first-order valence-corrected chi connectivity index (χ1v) is 6.46. The Hall–Kier alpha value is -2.09. The van der Waals surface area contributed by atoms with Crippen molar-refractivity contribution in [2.24, 2.45) is 0 Å². The number of carbonyl (C=O) groups excluding carboxylic acids is 1. The molecule has 0 bridgehead atoms. The molecule has 0 N–H and O–H groups in total. The van der Waals surface area contributed by atoms with Crippen molar-refractivity contribution in [3.8, 4) is 5.75 Å². The van der Waals surface area contributed by atoms with Gasteiger partial charge in [-0.2, -0.15) is 0 Å². The zero-order valence-electron chi connectivity index (χ0n) is 11.6. The van der Waals surface area contributed by atoms with Gasteiger partial charge in [0.2, 0.25) is 0 Å². The van der Waals surface area contributed by atoms with Gasteiger partial charge in [-0.15, -0.1) is 0 Å². The Kier molecular flexibility index (Phi) is 4.00. The summed E-state index contributed by atoms with van der Waals surface area (Å²) in [6.07, 6.45) is 0. The van der Waals surface area contributed by atoms with Crippen molar-refractivity contribution in [2.75, 3.05) is 6.61 Å². The van der Waals surface area contributed by atoms with Crippen molar-refractivity contribution in [1.29, 1.82) is 0 Å². The maximum absolute atomic E-state index is 12.6. The molecule has 0 heterocycles. The molecule has 2 nitrogen and oxygen atoms in total. The van der Waals surface area contributed by atoms with Gasteiger partial charge in [-0.05, 0) is 45.0 Å². The minimum absolute atomic E-state index is 0.0100. The monoisotopic (exact) mass is 254 g/mol. The number of ether oxygens (including phenoxy) is 1. The summed E-state index contributed by atoms with van der Waals surface area (Å²) in [6.45, 7) is 6.46. The van der Waals surface area contributed by atoms with Crippen LogP contribution in [-0.4, -0.2) is 12.4 Å². The van der Waals surface area contributed by atoms with Crippen LogP contribution in [0.4, 0.5) is 0 Å². The van der Waals surface area contributed by atoms with E-state index in [9.17, 15) is 4.79 Å². The maximum Gasteiger partial charge on any atom is 0.196 e. The van der Waals surface area contributed by atoms with Gasteiger partial charge < -0.3 is 4.74 Å². The van der Waals surface area contributed by atoms with Gasteiger partial charge in [0.05, 0.1) is 12.2 Å². The van der Waals surface area contributed by atoms with Crippen molar-refractivity contribution in [3.63, 3.8) is 0 Å². The summed E-state index contributed by atoms with van der Waals surface area (Å²) in [4.78, 5) is 12.6. The van der Waals surface area contributed by atoms with Crippen LogP contribution >= 0.6 is 0 Å². The molecule has 19 heavy (non-hydrogen) atoms. The van der Waals surface area contributed by atoms with E-state index in [1.807, 2.05) is 57.2 Å². The molecule has 0 unspecified atom stereocenters. The number of benzene rings is 2. The molecule has 0 amide bonds. The Morgan fingerprint density at radius 1 is 1.05 bits per heavy atom. The van der Waals surface area contributed by atoms with E-state index in [0.29, 0.717) is 23.5 Å². The van der Waals surface area contributed by atoms with Crippen LogP contribution in [0.1, 0.15) is 34.0 Å². The topological polar surface area (TPSA) is 26.3 Å². The predicted molar refractivity (Wildman–Crippen MR) is 77.0 cm³/mol. The molecule has 0 saturated heterocycles. The van der Waals surface area contributed by atoms with E-state index < -0.39 is 0 Å². The Bertz CT molecular complexity index is 580. The van der Waals surface area contributed by atoms with Gasteiger partial charge in [-0.3, -0.25) is 4.79 Å². The molecule has 0 saturated carbocycles. The number of ketones is 1. The number of hydrogen-bond donors (Lipinski definition) is 0. The lowest BCUT2D eigenvalue weighted by atomic mass is 9.99. The minimum Gasteiger partial charge on any atom is -0.493 e. The van der Waals surface area contributed by atoms with E-state index in [-0.39, 0.29) is 5.78 Å². The fraction of sp³-hybridized carbons (Fsp3) is 0.235. The quantitative estimate of drug-likeness (QED) is 0.773. The first kappa shape index (κ1) is 13.3. The lowest BCUT2D eigenvalue weighted by molar-refractivity contribution is 0.103. The maximum atomic E-state index is 12.6. The predicted octanol–water partition coefficient (Wildman–Crippen LogP) is 3.93. The third kappa shape index (κ3) is 3.02. The molecule has 2 aromatic rings. The van der Waals surface area contributed by atoms with E-state index in [1.54, 1.807) is 0 Å². The lowest BCUT2D eigenvalue weighted by Gasteiger charge is -2.10. The van der Waals surface area contributed by atoms with Gasteiger partial charge in [-0.25, -0.2) is 0 Å². The standard InChI is InChI=1S/C17H18O2/c1-4-19-16-8-6-5-7-15(16)17(18)14-10-12(2)9-13(3)11-14/h5-11H,4H2,1-3H3. The molecule has 98 valence electrons. The molecule has 2 rings (SSSR count). The van der Waals surface area contributed by atoms with Gasteiger partial charge in [0.15, 0.2) is 5.78 Å². The van der Waals surface area contributed by atoms with Gasteiger partial charge in [0, 0.05) is 5.56 Å². The molecule has 0 aliphatic carbocycles. The first-order chi connectivity index (χ1) is 9.11. The highest BCUT2D eigenvalue weighted by Crippen LogP contribution is 2.22. The lowest BCUT2D eigenvalue weighted by Crippen LogP contribution is -2.06. The average Bonchev–Trinajstić information content (AvgIpc) is 2.38. The second-order valence-electron chi connectivity index (χ2n) is 4.63. The smallest absolute Gasteiger partial charge is 0.196 e. The van der Waals surface area contributed by atoms with E-state index >= 15 is 0 Å². The van der Waals surface area contributed by atoms with Crippen LogP contribution in [0, 0.1) is 13.8 Å². The second-order valence-corrected chi connectivity index (χ2v) is 4.63. The minimum atomic E-state index is 0.0100. The van der Waals surface area contributed by atoms with Gasteiger partial charge >= 0.3 is 0 Å². The van der Waals surface area contributed by atoms with Crippen molar-refractivity contribution in [1.82, 2.24) is 0 Å². The summed E-state index contributed by atoms with van der Waals surface area (Å²) in [5, 5.41) is 0. The van der Waals surface area contributed by atoms with Gasteiger partial charge in [-0.1, -0.05) is 29.3 Å². The molecule has 0 aromatic heterocycles. The summed E-state index contributed by atoms with van der Waals surface area (Å²) in [6, 6.07) is 13.3. The average molecular weight is 254 g/mol. The van der Waals surface area contributed by atoms with Crippen molar-refractivity contribution in [2.45, 2.75) is 20.8 Å². The van der Waals surface area contributed by atoms with Gasteiger partial charge in [0.25, 0.3) is 0 Å². The fourth-order valence-corrected chi connectivity index (χ4v) is 2.20. The number of carbonyl (C=O) groups is 1. The number of hydrogen-bond acceptors (Lipinski definition) is 2. The van der Waals surface area contributed by atoms with Crippen LogP contribution in [0.2, 0.25) is 0 Å². The normalized spacial score (nSPS) is 10.3. The second kappa shape index (κ2) is 5.70. The molecule has 2 aromatic carbocycles. The summed E-state index contributed by atoms with van der Waals surface area (Å²) in [5.74, 6) is 0.657. The zero-order valence-corrected chi connectivity index (χ0v) is 11.6. The molecule has 0 spiro atoms. The van der Waals surface area contributed by atoms with E-state index in [2.05, 4.69) is 6.07 Å². The molecule has 0 fully saturated rings. The van der Waals surface area contributed by atoms with Crippen LogP contribution < -0.4 is 4.74 Å². The van der Waals surface area contributed by atoms with Crippen LogP contribution in [-0.2, 0) is 0 Å². The molecule has 2 heteroatoms. The SMILES string of the molecule is CCOc1ccccc1C(=O)c1cc(C)cc(C)c1. The molecule has 0 aliphatic rings. The Labute approximate surface area is 114 Å². The molecule has 0 radical (unpaired) electrons. The number of aryl methyl sites for hydroxylation is 2. The molecule has 0 atom stereocenters. The molecular weight excluding hydrogens is 236 g/mol. The number of rotatable bonds is 4. The third-order valence-electron chi connectivity index (χ3n) is 2.92. The van der Waals surface area contributed by atoms with Crippen LogP contribution in [0.3, 0.4) is 0 Å². The van der Waals surface area contributed by atoms with Crippen LogP contribution in [0.5, 0.6) is 5.75 Å². The highest BCUT2D eigenvalue weighted by atomic mass is 16.5.